The van der Waals surface area contributed by atoms with Gasteiger partial charge in [0, 0.05) is 33.3 Å². The number of ether oxygens (including phenoxy) is 2. The SMILES string of the molecule is COCC(=O)N1CCCN(C(=O)c2ccc(F)c(OC)c2F)CC1. The number of carbonyl (C=O) groups is 2. The van der Waals surface area contributed by atoms with Gasteiger partial charge in [0.2, 0.25) is 5.91 Å². The number of rotatable bonds is 4. The molecule has 1 aliphatic heterocycles. The molecule has 0 atom stereocenters. The molecule has 1 heterocycles. The first-order valence-electron chi connectivity index (χ1n) is 7.57. The predicted octanol–water partition coefficient (Wildman–Crippen LogP) is 1.29. The number of benzene rings is 1. The molecule has 0 N–H and O–H groups in total. The van der Waals surface area contributed by atoms with Crippen LogP contribution in [0.15, 0.2) is 12.1 Å². The van der Waals surface area contributed by atoms with Gasteiger partial charge in [0.15, 0.2) is 17.4 Å². The van der Waals surface area contributed by atoms with Crippen LogP contribution < -0.4 is 4.74 Å². The molecule has 0 unspecified atom stereocenters. The van der Waals surface area contributed by atoms with Gasteiger partial charge in [0.25, 0.3) is 5.91 Å². The highest BCUT2D eigenvalue weighted by atomic mass is 19.1. The summed E-state index contributed by atoms with van der Waals surface area (Å²) in [6, 6.07) is 2.11. The molecule has 0 saturated carbocycles. The molecule has 2 amide bonds. The summed E-state index contributed by atoms with van der Waals surface area (Å²) < 4.78 is 37.2. The standard InChI is InChI=1S/C16H20F2N2O4/c1-23-10-13(21)19-6-3-7-20(9-8-19)16(22)11-4-5-12(17)15(24-2)14(11)18/h4-5H,3,6-10H2,1-2H3. The molecular formula is C16H20F2N2O4. The Morgan fingerprint density at radius 3 is 2.42 bits per heavy atom. The van der Waals surface area contributed by atoms with Crippen LogP contribution in [0.1, 0.15) is 16.8 Å². The molecule has 1 aromatic carbocycles. The summed E-state index contributed by atoms with van der Waals surface area (Å²) in [5.74, 6) is -3.15. The lowest BCUT2D eigenvalue weighted by atomic mass is 10.1. The van der Waals surface area contributed by atoms with Crippen LogP contribution in [0.3, 0.4) is 0 Å². The average Bonchev–Trinajstić information content (AvgIpc) is 2.81. The summed E-state index contributed by atoms with van der Waals surface area (Å²) in [7, 11) is 2.58. The van der Waals surface area contributed by atoms with Gasteiger partial charge in [-0.1, -0.05) is 0 Å². The first-order valence-corrected chi connectivity index (χ1v) is 7.57. The molecule has 1 aliphatic rings. The summed E-state index contributed by atoms with van der Waals surface area (Å²) in [5, 5.41) is 0. The van der Waals surface area contributed by atoms with Gasteiger partial charge in [-0.3, -0.25) is 9.59 Å². The highest BCUT2D eigenvalue weighted by molar-refractivity contribution is 5.95. The van der Waals surface area contributed by atoms with Crippen LogP contribution in [0.5, 0.6) is 5.75 Å². The van der Waals surface area contributed by atoms with Crippen molar-refractivity contribution in [3.05, 3.63) is 29.3 Å². The van der Waals surface area contributed by atoms with Gasteiger partial charge in [0.1, 0.15) is 6.61 Å². The van der Waals surface area contributed by atoms with Gasteiger partial charge in [-0.15, -0.1) is 0 Å². The van der Waals surface area contributed by atoms with Gasteiger partial charge >= 0.3 is 0 Å². The van der Waals surface area contributed by atoms with E-state index in [1.165, 1.54) is 12.0 Å². The summed E-state index contributed by atoms with van der Waals surface area (Å²) in [6.07, 6.45) is 0.571. The van der Waals surface area contributed by atoms with E-state index in [1.54, 1.807) is 4.90 Å². The van der Waals surface area contributed by atoms with E-state index in [4.69, 9.17) is 4.74 Å². The van der Waals surface area contributed by atoms with E-state index in [9.17, 15) is 18.4 Å². The fourth-order valence-corrected chi connectivity index (χ4v) is 2.64. The fraction of sp³-hybridized carbons (Fsp3) is 0.500. The summed E-state index contributed by atoms with van der Waals surface area (Å²) in [6.45, 7) is 1.48. The molecule has 1 fully saturated rings. The average molecular weight is 342 g/mol. The van der Waals surface area contributed by atoms with Crippen LogP contribution in [0.4, 0.5) is 8.78 Å². The van der Waals surface area contributed by atoms with Crippen molar-refractivity contribution in [1.82, 2.24) is 9.80 Å². The van der Waals surface area contributed by atoms with Crippen LogP contribution >= 0.6 is 0 Å². The van der Waals surface area contributed by atoms with Crippen LogP contribution in [0.2, 0.25) is 0 Å². The minimum absolute atomic E-state index is 0.0161. The van der Waals surface area contributed by atoms with E-state index in [1.807, 2.05) is 0 Å². The van der Waals surface area contributed by atoms with Crippen LogP contribution in [0, 0.1) is 11.6 Å². The van der Waals surface area contributed by atoms with Gasteiger partial charge in [-0.05, 0) is 18.6 Å². The molecule has 0 spiro atoms. The minimum Gasteiger partial charge on any atom is -0.491 e. The maximum Gasteiger partial charge on any atom is 0.257 e. The van der Waals surface area contributed by atoms with Gasteiger partial charge in [-0.25, -0.2) is 8.78 Å². The van der Waals surface area contributed by atoms with Crippen molar-refractivity contribution in [3.63, 3.8) is 0 Å². The summed E-state index contributed by atoms with van der Waals surface area (Å²) in [4.78, 5) is 27.5. The van der Waals surface area contributed by atoms with Crippen molar-refractivity contribution in [2.75, 3.05) is 47.0 Å². The smallest absolute Gasteiger partial charge is 0.257 e. The molecule has 0 radical (unpaired) electrons. The second-order valence-electron chi connectivity index (χ2n) is 5.40. The first kappa shape index (κ1) is 18.1. The lowest BCUT2D eigenvalue weighted by Gasteiger charge is -2.22. The minimum atomic E-state index is -1.01. The second kappa shape index (κ2) is 8.05. The summed E-state index contributed by atoms with van der Waals surface area (Å²) in [5.41, 5.74) is -0.245. The fourth-order valence-electron chi connectivity index (χ4n) is 2.64. The maximum absolute atomic E-state index is 14.3. The van der Waals surface area contributed by atoms with E-state index in [0.717, 1.165) is 19.2 Å². The van der Waals surface area contributed by atoms with Crippen molar-refractivity contribution < 1.29 is 27.8 Å². The second-order valence-corrected chi connectivity index (χ2v) is 5.40. The third kappa shape index (κ3) is 3.81. The van der Waals surface area contributed by atoms with Crippen molar-refractivity contribution >= 4 is 11.8 Å². The van der Waals surface area contributed by atoms with Crippen LogP contribution in [0.25, 0.3) is 0 Å². The van der Waals surface area contributed by atoms with Crippen LogP contribution in [-0.2, 0) is 9.53 Å². The Balaban J connectivity index is 2.12. The molecule has 6 nitrogen and oxygen atoms in total. The number of amides is 2. The zero-order chi connectivity index (χ0) is 17.7. The molecule has 0 aliphatic carbocycles. The molecule has 24 heavy (non-hydrogen) atoms. The number of halogens is 2. The Morgan fingerprint density at radius 2 is 1.75 bits per heavy atom. The quantitative estimate of drug-likeness (QED) is 0.827. The van der Waals surface area contributed by atoms with Gasteiger partial charge in [-0.2, -0.15) is 0 Å². The highest BCUT2D eigenvalue weighted by Crippen LogP contribution is 2.25. The van der Waals surface area contributed by atoms with Crippen molar-refractivity contribution in [1.29, 1.82) is 0 Å². The van der Waals surface area contributed by atoms with E-state index in [-0.39, 0.29) is 24.6 Å². The van der Waals surface area contributed by atoms with Gasteiger partial charge in [0.05, 0.1) is 12.7 Å². The third-order valence-electron chi connectivity index (χ3n) is 3.89. The van der Waals surface area contributed by atoms with Crippen molar-refractivity contribution in [2.45, 2.75) is 6.42 Å². The van der Waals surface area contributed by atoms with E-state index < -0.39 is 23.3 Å². The Labute approximate surface area is 138 Å². The number of methoxy groups -OCH3 is 2. The normalized spacial score (nSPS) is 15.2. The molecule has 8 heteroatoms. The van der Waals surface area contributed by atoms with Crippen molar-refractivity contribution in [3.8, 4) is 5.75 Å². The summed E-state index contributed by atoms with van der Waals surface area (Å²) >= 11 is 0. The largest absolute Gasteiger partial charge is 0.491 e. The molecule has 0 bridgehead atoms. The third-order valence-corrected chi connectivity index (χ3v) is 3.89. The molecule has 132 valence electrons. The monoisotopic (exact) mass is 342 g/mol. The molecule has 0 aromatic heterocycles. The van der Waals surface area contributed by atoms with Crippen molar-refractivity contribution in [2.24, 2.45) is 0 Å². The zero-order valence-electron chi connectivity index (χ0n) is 13.7. The van der Waals surface area contributed by atoms with E-state index >= 15 is 0 Å². The molecule has 1 saturated heterocycles. The highest BCUT2D eigenvalue weighted by Gasteiger charge is 2.26. The zero-order valence-corrected chi connectivity index (χ0v) is 13.7. The van der Waals surface area contributed by atoms with E-state index in [2.05, 4.69) is 4.74 Å². The molecule has 2 rings (SSSR count). The number of nitrogens with zero attached hydrogens (tertiary/aromatic N) is 2. The topological polar surface area (TPSA) is 59.1 Å². The Kier molecular flexibility index (Phi) is 6.08. The molecule has 1 aromatic rings. The predicted molar refractivity (Wildman–Crippen MR) is 81.9 cm³/mol. The lowest BCUT2D eigenvalue weighted by Crippen LogP contribution is -2.38. The Bertz CT molecular complexity index is 624. The Morgan fingerprint density at radius 1 is 1.08 bits per heavy atom. The molecular weight excluding hydrogens is 322 g/mol. The number of hydrogen-bond acceptors (Lipinski definition) is 4. The lowest BCUT2D eigenvalue weighted by molar-refractivity contribution is -0.135. The first-order chi connectivity index (χ1) is 11.5. The van der Waals surface area contributed by atoms with E-state index in [0.29, 0.717) is 26.1 Å². The number of hydrogen-bond donors (Lipinski definition) is 0. The maximum atomic E-state index is 14.3. The number of carbonyl (C=O) groups excluding carboxylic acids is 2. The Hall–Kier alpha value is -2.22. The van der Waals surface area contributed by atoms with Crippen LogP contribution in [-0.4, -0.2) is 68.6 Å². The van der Waals surface area contributed by atoms with Gasteiger partial charge < -0.3 is 19.3 Å².